The molecule has 0 saturated carbocycles. The van der Waals surface area contributed by atoms with Crippen molar-refractivity contribution in [2.75, 3.05) is 19.0 Å². The molecule has 2 aromatic heterocycles. The fourth-order valence-corrected chi connectivity index (χ4v) is 3.41. The number of hydrogen-bond acceptors (Lipinski definition) is 8. The summed E-state index contributed by atoms with van der Waals surface area (Å²) in [5, 5.41) is 2.57. The second-order valence-corrected chi connectivity index (χ2v) is 8.94. The molecule has 0 bridgehead atoms. The van der Waals surface area contributed by atoms with Gasteiger partial charge < -0.3 is 14.0 Å². The third-order valence-corrected chi connectivity index (χ3v) is 4.97. The highest BCUT2D eigenvalue weighted by atomic mass is 16.6. The van der Waals surface area contributed by atoms with Gasteiger partial charge in [-0.15, -0.1) is 0 Å². The van der Waals surface area contributed by atoms with Crippen LogP contribution in [0.15, 0.2) is 11.1 Å². The molecule has 12 heteroatoms. The second-order valence-electron chi connectivity index (χ2n) is 8.94. The van der Waals surface area contributed by atoms with Gasteiger partial charge >= 0.3 is 12.1 Å². The number of methoxy groups -OCH3 is 1. The molecule has 1 saturated heterocycles. The molecule has 2 N–H and O–H groups in total. The maximum atomic E-state index is 12.7. The Morgan fingerprint density at radius 3 is 2.56 bits per heavy atom. The Morgan fingerprint density at radius 1 is 1.28 bits per heavy atom. The smallest absolute Gasteiger partial charge is 0.411 e. The average molecular weight is 448 g/mol. The number of H-pyrrole nitrogens is 1. The Kier molecular flexibility index (Phi) is 6.24. The lowest BCUT2D eigenvalue weighted by atomic mass is 10.1. The number of aromatic amines is 1. The van der Waals surface area contributed by atoms with E-state index in [0.29, 0.717) is 0 Å². The normalized spacial score (nSPS) is 18.8. The predicted molar refractivity (Wildman–Crippen MR) is 114 cm³/mol. The van der Waals surface area contributed by atoms with Crippen LogP contribution >= 0.6 is 0 Å². The number of ether oxygens (including phenoxy) is 2. The number of aromatic nitrogens is 4. The molecule has 0 unspecified atom stereocenters. The maximum absolute atomic E-state index is 12.7. The summed E-state index contributed by atoms with van der Waals surface area (Å²) in [6.07, 6.45) is 1.01. The van der Waals surface area contributed by atoms with E-state index in [0.717, 1.165) is 0 Å². The first-order valence-corrected chi connectivity index (χ1v) is 10.3. The molecular weight excluding hydrogens is 420 g/mol. The van der Waals surface area contributed by atoms with Crippen molar-refractivity contribution in [3.63, 3.8) is 0 Å². The van der Waals surface area contributed by atoms with Gasteiger partial charge in [-0.25, -0.2) is 14.6 Å². The van der Waals surface area contributed by atoms with Crippen LogP contribution in [0.25, 0.3) is 11.2 Å². The number of esters is 1. The minimum Gasteiger partial charge on any atom is -0.467 e. The number of likely N-dealkylation sites (tertiary alicyclic amines) is 1. The van der Waals surface area contributed by atoms with E-state index in [1.165, 1.54) is 18.3 Å². The van der Waals surface area contributed by atoms with Crippen molar-refractivity contribution in [2.45, 2.75) is 58.7 Å². The van der Waals surface area contributed by atoms with Gasteiger partial charge in [0, 0.05) is 18.9 Å². The van der Waals surface area contributed by atoms with Crippen LogP contribution < -0.4 is 10.9 Å². The topological polar surface area (TPSA) is 149 Å². The van der Waals surface area contributed by atoms with Crippen molar-refractivity contribution in [2.24, 2.45) is 5.92 Å². The van der Waals surface area contributed by atoms with E-state index in [9.17, 15) is 19.2 Å². The minimum absolute atomic E-state index is 0.00513. The van der Waals surface area contributed by atoms with Gasteiger partial charge in [0.05, 0.1) is 19.5 Å². The van der Waals surface area contributed by atoms with E-state index in [2.05, 4.69) is 20.3 Å². The lowest BCUT2D eigenvalue weighted by molar-refractivity contribution is -0.145. The number of imidazole rings is 1. The number of carbonyl (C=O) groups is 3. The van der Waals surface area contributed by atoms with Gasteiger partial charge in [-0.05, 0) is 20.8 Å². The predicted octanol–water partition coefficient (Wildman–Crippen LogP) is 1.44. The van der Waals surface area contributed by atoms with Gasteiger partial charge in [0.15, 0.2) is 11.2 Å². The van der Waals surface area contributed by atoms with Gasteiger partial charge in [0.25, 0.3) is 5.56 Å². The number of hydrogen-bond donors (Lipinski definition) is 2. The van der Waals surface area contributed by atoms with E-state index in [1.54, 1.807) is 39.2 Å². The molecular formula is C20H28N6O6. The van der Waals surface area contributed by atoms with Crippen LogP contribution in [0.5, 0.6) is 0 Å². The van der Waals surface area contributed by atoms with E-state index >= 15 is 0 Å². The minimum atomic E-state index is -0.862. The zero-order valence-corrected chi connectivity index (χ0v) is 19.0. The van der Waals surface area contributed by atoms with Gasteiger partial charge in [-0.3, -0.25) is 24.8 Å². The van der Waals surface area contributed by atoms with E-state index < -0.39 is 35.3 Å². The molecule has 2 aromatic rings. The summed E-state index contributed by atoms with van der Waals surface area (Å²) < 4.78 is 11.9. The fraction of sp³-hybridized carbons (Fsp3) is 0.600. The van der Waals surface area contributed by atoms with Crippen molar-refractivity contribution in [1.29, 1.82) is 0 Å². The summed E-state index contributed by atoms with van der Waals surface area (Å²) in [5.74, 6) is -1.19. The van der Waals surface area contributed by atoms with Crippen LogP contribution in [0.1, 0.15) is 47.1 Å². The summed E-state index contributed by atoms with van der Waals surface area (Å²) >= 11 is 0. The average Bonchev–Trinajstić information content (AvgIpc) is 3.30. The Morgan fingerprint density at radius 2 is 1.97 bits per heavy atom. The zero-order valence-electron chi connectivity index (χ0n) is 19.0. The summed E-state index contributed by atoms with van der Waals surface area (Å²) in [6.45, 7) is 8.76. The van der Waals surface area contributed by atoms with E-state index in [-0.39, 0.29) is 41.9 Å². The van der Waals surface area contributed by atoms with Crippen LogP contribution in [0.3, 0.4) is 0 Å². The highest BCUT2D eigenvalue weighted by molar-refractivity contribution is 5.91. The van der Waals surface area contributed by atoms with Crippen molar-refractivity contribution in [1.82, 2.24) is 24.4 Å². The molecule has 174 valence electrons. The molecule has 0 aliphatic carbocycles. The summed E-state index contributed by atoms with van der Waals surface area (Å²) in [7, 11) is 1.25. The molecule has 1 fully saturated rings. The van der Waals surface area contributed by atoms with Gasteiger partial charge in [0.2, 0.25) is 11.9 Å². The van der Waals surface area contributed by atoms with Crippen LogP contribution in [0, 0.1) is 5.92 Å². The lowest BCUT2D eigenvalue weighted by Gasteiger charge is -2.27. The molecule has 3 rings (SSSR count). The number of rotatable bonds is 4. The number of fused-ring (bicyclic) bond motifs is 1. The van der Waals surface area contributed by atoms with E-state index in [4.69, 9.17) is 9.47 Å². The Balaban J connectivity index is 1.96. The molecule has 2 atom stereocenters. The second kappa shape index (κ2) is 8.60. The van der Waals surface area contributed by atoms with Crippen LogP contribution in [0.2, 0.25) is 0 Å². The number of carbonyl (C=O) groups excluding carboxylic acids is 3. The number of nitrogens with zero attached hydrogens (tertiary/aromatic N) is 4. The van der Waals surface area contributed by atoms with Gasteiger partial charge in [0.1, 0.15) is 11.6 Å². The van der Waals surface area contributed by atoms with Crippen molar-refractivity contribution in [3.05, 3.63) is 16.7 Å². The Labute approximate surface area is 184 Å². The van der Waals surface area contributed by atoms with Crippen molar-refractivity contribution in [3.8, 4) is 0 Å². The molecule has 0 radical (unpaired) electrons. The molecule has 3 heterocycles. The van der Waals surface area contributed by atoms with Crippen LogP contribution in [-0.4, -0.2) is 67.7 Å². The van der Waals surface area contributed by atoms with Crippen molar-refractivity contribution >= 4 is 35.1 Å². The highest BCUT2D eigenvalue weighted by Gasteiger charge is 2.43. The molecule has 2 amide bonds. The highest BCUT2D eigenvalue weighted by Crippen LogP contribution is 2.31. The first-order chi connectivity index (χ1) is 14.9. The van der Waals surface area contributed by atoms with E-state index in [1.807, 2.05) is 0 Å². The number of anilines is 1. The fourth-order valence-electron chi connectivity index (χ4n) is 3.41. The number of nitrogens with one attached hydrogen (secondary N) is 2. The first-order valence-electron chi connectivity index (χ1n) is 10.3. The Bertz CT molecular complexity index is 1100. The molecule has 1 aliphatic rings. The summed E-state index contributed by atoms with van der Waals surface area (Å²) in [5.41, 5.74) is -0.944. The summed E-state index contributed by atoms with van der Waals surface area (Å²) in [4.78, 5) is 61.8. The standard InChI is InChI=1S/C20H28N6O6/c1-10(2)15(27)23-18-22-14-13(16(28)24-18)21-9-26(14)11-7-12(17(29)31-6)25(8-11)19(30)32-20(3,4)5/h9-12H,7-8H2,1-6H3,(H2,22,23,24,27,28)/t11-,12-/m0/s1. The lowest BCUT2D eigenvalue weighted by Crippen LogP contribution is -2.43. The van der Waals surface area contributed by atoms with Crippen LogP contribution in [-0.2, 0) is 19.1 Å². The summed E-state index contributed by atoms with van der Waals surface area (Å²) in [6, 6.07) is -1.28. The molecule has 0 aromatic carbocycles. The SMILES string of the molecule is COC(=O)[C@@H]1C[C@H](n2cnc3c(=O)[nH]c(NC(=O)C(C)C)nc32)CN1C(=O)OC(C)(C)C. The third kappa shape index (κ3) is 4.73. The molecule has 0 spiro atoms. The maximum Gasteiger partial charge on any atom is 0.411 e. The van der Waals surface area contributed by atoms with Crippen molar-refractivity contribution < 1.29 is 23.9 Å². The molecule has 12 nitrogen and oxygen atoms in total. The quantitative estimate of drug-likeness (QED) is 0.668. The largest absolute Gasteiger partial charge is 0.467 e. The van der Waals surface area contributed by atoms with Gasteiger partial charge in [-0.1, -0.05) is 13.8 Å². The first kappa shape index (κ1) is 23.2. The van der Waals surface area contributed by atoms with Gasteiger partial charge in [-0.2, -0.15) is 4.98 Å². The molecule has 32 heavy (non-hydrogen) atoms. The zero-order chi connectivity index (χ0) is 23.8. The third-order valence-electron chi connectivity index (χ3n) is 4.97. The monoisotopic (exact) mass is 448 g/mol. The number of amides is 2. The van der Waals surface area contributed by atoms with Crippen LogP contribution in [0.4, 0.5) is 10.7 Å². The Hall–Kier alpha value is -3.44. The molecule has 1 aliphatic heterocycles.